The van der Waals surface area contributed by atoms with Crippen LogP contribution in [0.2, 0.25) is 0 Å². The van der Waals surface area contributed by atoms with Crippen molar-refractivity contribution in [3.63, 3.8) is 0 Å². The van der Waals surface area contributed by atoms with E-state index in [0.29, 0.717) is 6.04 Å². The summed E-state index contributed by atoms with van der Waals surface area (Å²) in [5, 5.41) is 3.41. The molecule has 2 aromatic rings. The molecule has 0 saturated carbocycles. The van der Waals surface area contributed by atoms with Crippen LogP contribution in [0.4, 0.5) is 0 Å². The van der Waals surface area contributed by atoms with Crippen molar-refractivity contribution in [1.29, 1.82) is 0 Å². The third kappa shape index (κ3) is 4.17. The minimum atomic E-state index is 0.342. The van der Waals surface area contributed by atoms with Gasteiger partial charge in [-0.1, -0.05) is 38.1 Å². The Labute approximate surface area is 123 Å². The molecule has 1 heterocycles. The van der Waals surface area contributed by atoms with Gasteiger partial charge in [0.1, 0.15) is 0 Å². The zero-order valence-electron chi connectivity index (χ0n) is 13.3. The highest BCUT2D eigenvalue weighted by Crippen LogP contribution is 2.23. The summed E-state index contributed by atoms with van der Waals surface area (Å²) in [6.07, 6.45) is 4.72. The van der Waals surface area contributed by atoms with Gasteiger partial charge < -0.3 is 5.32 Å². The van der Waals surface area contributed by atoms with Crippen LogP contribution in [0, 0.1) is 13.8 Å². The van der Waals surface area contributed by atoms with Crippen molar-refractivity contribution in [3.8, 4) is 0 Å². The van der Waals surface area contributed by atoms with E-state index in [9.17, 15) is 0 Å². The molecule has 0 aliphatic carbocycles. The molecule has 1 atom stereocenters. The van der Waals surface area contributed by atoms with Gasteiger partial charge in [-0.3, -0.25) is 4.98 Å². The molecule has 2 nitrogen and oxygen atoms in total. The number of nitrogens with zero attached hydrogens (tertiary/aromatic N) is 1. The maximum atomic E-state index is 4.18. The predicted molar refractivity (Wildman–Crippen MR) is 87.0 cm³/mol. The van der Waals surface area contributed by atoms with Gasteiger partial charge >= 0.3 is 0 Å². The smallest absolute Gasteiger partial charge is 0.0361 e. The molecule has 20 heavy (non-hydrogen) atoms. The average Bonchev–Trinajstić information content (AvgIpc) is 2.51. The lowest BCUT2D eigenvalue weighted by atomic mass is 9.94. The van der Waals surface area contributed by atoms with E-state index in [0.717, 1.165) is 6.42 Å². The first-order valence-corrected chi connectivity index (χ1v) is 7.34. The molecule has 1 N–H and O–H groups in total. The summed E-state index contributed by atoms with van der Waals surface area (Å²) in [6, 6.07) is 11.0. The average molecular weight is 270 g/mol. The van der Waals surface area contributed by atoms with E-state index in [1.54, 1.807) is 0 Å². The number of likely N-dealkylation sites (N-methyl/N-ethyl adjacent to an activating group) is 1. The van der Waals surface area contributed by atoms with E-state index >= 15 is 0 Å². The number of pyridine rings is 1. The molecule has 0 bridgehead atoms. The fourth-order valence-electron chi connectivity index (χ4n) is 2.27. The van der Waals surface area contributed by atoms with Crippen molar-refractivity contribution < 1.29 is 0 Å². The van der Waals surface area contributed by atoms with Crippen molar-refractivity contribution in [2.45, 2.75) is 40.2 Å². The van der Waals surface area contributed by atoms with Crippen LogP contribution in [0.3, 0.4) is 0 Å². The van der Waals surface area contributed by atoms with Crippen molar-refractivity contribution in [2.75, 3.05) is 7.05 Å². The topological polar surface area (TPSA) is 24.9 Å². The fourth-order valence-corrected chi connectivity index (χ4v) is 2.27. The highest BCUT2D eigenvalue weighted by molar-refractivity contribution is 5.36. The lowest BCUT2D eigenvalue weighted by molar-refractivity contribution is 0.587. The van der Waals surface area contributed by atoms with Gasteiger partial charge in [-0.05, 0) is 55.6 Å². The van der Waals surface area contributed by atoms with Gasteiger partial charge in [-0.15, -0.1) is 0 Å². The standard InChI is InChI=1S/C16H20N2.C2H6/c1-12-6-4-8-15(13(12)2)16(17-3)10-14-7-5-9-18-11-14;1-2/h4-9,11,16-17H,10H2,1-3H3;1-2H3. The Morgan fingerprint density at radius 1 is 1.10 bits per heavy atom. The first-order valence-electron chi connectivity index (χ1n) is 7.34. The first kappa shape index (κ1) is 16.4. The quantitative estimate of drug-likeness (QED) is 0.899. The number of benzene rings is 1. The van der Waals surface area contributed by atoms with Crippen molar-refractivity contribution in [1.82, 2.24) is 10.3 Å². The number of nitrogens with one attached hydrogen (secondary N) is 1. The van der Waals surface area contributed by atoms with E-state index in [-0.39, 0.29) is 0 Å². The van der Waals surface area contributed by atoms with Gasteiger partial charge in [0.2, 0.25) is 0 Å². The molecule has 0 saturated heterocycles. The minimum absolute atomic E-state index is 0.342. The van der Waals surface area contributed by atoms with Crippen LogP contribution in [0.1, 0.15) is 42.1 Å². The fraction of sp³-hybridized carbons (Fsp3) is 0.389. The molecule has 2 heteroatoms. The van der Waals surface area contributed by atoms with Crippen molar-refractivity contribution in [3.05, 3.63) is 65.0 Å². The molecule has 0 aliphatic heterocycles. The van der Waals surface area contributed by atoms with E-state index in [1.807, 2.05) is 39.4 Å². The minimum Gasteiger partial charge on any atom is -0.313 e. The second kappa shape index (κ2) is 8.49. The summed E-state index contributed by atoms with van der Waals surface area (Å²) in [6.45, 7) is 8.36. The SMILES string of the molecule is CC.CNC(Cc1cccnc1)c1cccc(C)c1C. The maximum absolute atomic E-state index is 4.18. The Morgan fingerprint density at radius 2 is 1.85 bits per heavy atom. The Kier molecular flexibility index (Phi) is 6.96. The molecule has 0 spiro atoms. The summed E-state index contributed by atoms with van der Waals surface area (Å²) in [5.41, 5.74) is 5.36. The van der Waals surface area contributed by atoms with Crippen LogP contribution in [0.5, 0.6) is 0 Å². The van der Waals surface area contributed by atoms with Crippen LogP contribution < -0.4 is 5.32 Å². The molecule has 108 valence electrons. The monoisotopic (exact) mass is 270 g/mol. The van der Waals surface area contributed by atoms with Crippen LogP contribution in [0.15, 0.2) is 42.7 Å². The van der Waals surface area contributed by atoms with Crippen LogP contribution >= 0.6 is 0 Å². The van der Waals surface area contributed by atoms with Gasteiger partial charge in [-0.25, -0.2) is 0 Å². The molecule has 2 rings (SSSR count). The van der Waals surface area contributed by atoms with Crippen LogP contribution in [-0.4, -0.2) is 12.0 Å². The molecule has 0 fully saturated rings. The molecule has 1 aromatic heterocycles. The van der Waals surface area contributed by atoms with E-state index in [4.69, 9.17) is 0 Å². The summed E-state index contributed by atoms with van der Waals surface area (Å²) in [5.74, 6) is 0. The zero-order chi connectivity index (χ0) is 15.0. The number of aromatic nitrogens is 1. The number of aryl methyl sites for hydroxylation is 1. The molecular weight excluding hydrogens is 244 g/mol. The molecule has 1 aromatic carbocycles. The Balaban J connectivity index is 0.000000956. The summed E-state index contributed by atoms with van der Waals surface area (Å²) < 4.78 is 0. The lowest BCUT2D eigenvalue weighted by Gasteiger charge is -2.20. The van der Waals surface area contributed by atoms with Crippen molar-refractivity contribution in [2.24, 2.45) is 0 Å². The summed E-state index contributed by atoms with van der Waals surface area (Å²) >= 11 is 0. The largest absolute Gasteiger partial charge is 0.313 e. The van der Waals surface area contributed by atoms with Gasteiger partial charge in [0, 0.05) is 18.4 Å². The van der Waals surface area contributed by atoms with Crippen LogP contribution in [-0.2, 0) is 6.42 Å². The molecule has 1 unspecified atom stereocenters. The normalized spacial score (nSPS) is 11.4. The maximum Gasteiger partial charge on any atom is 0.0361 e. The van der Waals surface area contributed by atoms with Gasteiger partial charge in [0.05, 0.1) is 0 Å². The highest BCUT2D eigenvalue weighted by atomic mass is 14.9. The number of hydrogen-bond donors (Lipinski definition) is 1. The van der Waals surface area contributed by atoms with Gasteiger partial charge in [0.25, 0.3) is 0 Å². The molecule has 0 aliphatic rings. The van der Waals surface area contributed by atoms with Gasteiger partial charge in [0.15, 0.2) is 0 Å². The predicted octanol–water partition coefficient (Wildman–Crippen LogP) is 4.23. The van der Waals surface area contributed by atoms with Crippen LogP contribution in [0.25, 0.3) is 0 Å². The summed E-state index contributed by atoms with van der Waals surface area (Å²) in [7, 11) is 2.02. The second-order valence-corrected chi connectivity index (χ2v) is 4.70. The zero-order valence-corrected chi connectivity index (χ0v) is 13.3. The molecular formula is C18H26N2. The number of rotatable bonds is 4. The Bertz CT molecular complexity index is 506. The molecule has 0 radical (unpaired) electrons. The van der Waals surface area contributed by atoms with Gasteiger partial charge in [-0.2, -0.15) is 0 Å². The summed E-state index contributed by atoms with van der Waals surface area (Å²) in [4.78, 5) is 4.18. The molecule has 0 amide bonds. The van der Waals surface area contributed by atoms with Crippen molar-refractivity contribution >= 4 is 0 Å². The van der Waals surface area contributed by atoms with E-state index in [2.05, 4.69) is 48.4 Å². The third-order valence-corrected chi connectivity index (χ3v) is 3.53. The lowest BCUT2D eigenvalue weighted by Crippen LogP contribution is -2.20. The van der Waals surface area contributed by atoms with E-state index < -0.39 is 0 Å². The highest BCUT2D eigenvalue weighted by Gasteiger charge is 2.13. The number of hydrogen-bond acceptors (Lipinski definition) is 2. The second-order valence-electron chi connectivity index (χ2n) is 4.70. The van der Waals surface area contributed by atoms with E-state index in [1.165, 1.54) is 22.3 Å². The first-order chi connectivity index (χ1) is 9.72. The Hall–Kier alpha value is -1.67. The third-order valence-electron chi connectivity index (χ3n) is 3.53. The Morgan fingerprint density at radius 3 is 2.45 bits per heavy atom.